The highest BCUT2D eigenvalue weighted by atomic mass is 16.2. The second kappa shape index (κ2) is 42.1. The average Bonchev–Trinajstić information content (AvgIpc) is 3.09. The highest BCUT2D eigenvalue weighted by Gasteiger charge is 2.05. The Morgan fingerprint density at radius 1 is 0.250 bits per heavy atom. The Labute approximate surface area is 302 Å². The molecule has 0 aromatic carbocycles. The molecule has 0 bridgehead atoms. The Kier molecular flexibility index (Phi) is 41.2. The molecule has 0 fully saturated rings. The molecule has 0 unspecified atom stereocenters. The summed E-state index contributed by atoms with van der Waals surface area (Å²) in [6.07, 6.45) is 52.5. The molecule has 0 aromatic rings. The van der Waals surface area contributed by atoms with Gasteiger partial charge in [-0.15, -0.1) is 0 Å². The van der Waals surface area contributed by atoms with Crippen molar-refractivity contribution < 1.29 is 9.59 Å². The maximum Gasteiger partial charge on any atom is 0.238 e. The number of hydrogen-bond acceptors (Lipinski definition) is 2. The number of hydrazine groups is 1. The molecule has 0 saturated heterocycles. The molecule has 0 aliphatic rings. The van der Waals surface area contributed by atoms with Gasteiger partial charge in [-0.3, -0.25) is 20.4 Å². The van der Waals surface area contributed by atoms with E-state index in [1.165, 1.54) is 218 Å². The molecule has 0 aliphatic carbocycles. The van der Waals surface area contributed by atoms with Crippen LogP contribution in [0, 0.1) is 0 Å². The molecule has 4 nitrogen and oxygen atoms in total. The summed E-state index contributed by atoms with van der Waals surface area (Å²) in [5, 5.41) is 0. The lowest BCUT2D eigenvalue weighted by atomic mass is 10.0. The van der Waals surface area contributed by atoms with Crippen molar-refractivity contribution in [2.24, 2.45) is 0 Å². The van der Waals surface area contributed by atoms with Crippen LogP contribution in [0.25, 0.3) is 0 Å². The zero-order valence-corrected chi connectivity index (χ0v) is 33.1. The molecule has 48 heavy (non-hydrogen) atoms. The van der Waals surface area contributed by atoms with E-state index >= 15 is 0 Å². The van der Waals surface area contributed by atoms with Crippen LogP contribution in [0.4, 0.5) is 0 Å². The van der Waals surface area contributed by atoms with Crippen molar-refractivity contribution >= 4 is 11.8 Å². The number of rotatable bonds is 40. The maximum absolute atomic E-state index is 12.1. The standard InChI is InChI=1S/C44H88N2O2/c1-3-5-7-9-11-13-15-17-19-21-23-25-27-29-31-33-35-37-39-41-43(47)45-46-44(48)42-40-38-36-34-32-30-28-26-24-22-20-18-16-14-12-10-8-6-4-2/h3-42H2,1-2H3,(H,45,47)(H,46,48). The largest absolute Gasteiger partial charge is 0.273 e. The van der Waals surface area contributed by atoms with Gasteiger partial charge in [-0.2, -0.15) is 0 Å². The lowest BCUT2D eigenvalue weighted by molar-refractivity contribution is -0.129. The predicted octanol–water partition coefficient (Wildman–Crippen LogP) is 14.8. The number of carbonyl (C=O) groups excluding carboxylic acids is 2. The summed E-state index contributed by atoms with van der Waals surface area (Å²) in [4.78, 5) is 24.1. The van der Waals surface area contributed by atoms with Crippen LogP contribution in [0.1, 0.15) is 271 Å². The van der Waals surface area contributed by atoms with E-state index in [4.69, 9.17) is 0 Å². The van der Waals surface area contributed by atoms with Gasteiger partial charge in [0.15, 0.2) is 0 Å². The monoisotopic (exact) mass is 677 g/mol. The van der Waals surface area contributed by atoms with Crippen LogP contribution < -0.4 is 10.9 Å². The fraction of sp³-hybridized carbons (Fsp3) is 0.955. The van der Waals surface area contributed by atoms with Gasteiger partial charge in [0.05, 0.1) is 0 Å². The molecule has 0 spiro atoms. The van der Waals surface area contributed by atoms with Gasteiger partial charge < -0.3 is 0 Å². The molecule has 0 radical (unpaired) electrons. The zero-order valence-electron chi connectivity index (χ0n) is 33.1. The first kappa shape index (κ1) is 46.9. The quantitative estimate of drug-likeness (QED) is 0.0501. The highest BCUT2D eigenvalue weighted by molar-refractivity contribution is 5.81. The number of hydrogen-bond donors (Lipinski definition) is 2. The van der Waals surface area contributed by atoms with E-state index in [1.807, 2.05) is 0 Å². The third kappa shape index (κ3) is 41.1. The summed E-state index contributed by atoms with van der Waals surface area (Å²) in [6.45, 7) is 4.58. The van der Waals surface area contributed by atoms with E-state index in [0.29, 0.717) is 12.8 Å². The Bertz CT molecular complexity index is 583. The van der Waals surface area contributed by atoms with Gasteiger partial charge in [0.1, 0.15) is 0 Å². The van der Waals surface area contributed by atoms with Gasteiger partial charge in [-0.25, -0.2) is 0 Å². The SMILES string of the molecule is CCCCCCCCCCCCCCCCCCCCCC(=O)NNC(=O)CCCCCCCCCCCCCCCCCCCCC. The van der Waals surface area contributed by atoms with Gasteiger partial charge in [-0.1, -0.05) is 245 Å². The van der Waals surface area contributed by atoms with Crippen molar-refractivity contribution in [1.82, 2.24) is 10.9 Å². The molecule has 2 amide bonds. The molecule has 0 atom stereocenters. The fourth-order valence-corrected chi connectivity index (χ4v) is 6.99. The minimum Gasteiger partial charge on any atom is -0.273 e. The van der Waals surface area contributed by atoms with Gasteiger partial charge in [0.25, 0.3) is 0 Å². The Morgan fingerprint density at radius 3 is 0.562 bits per heavy atom. The minimum absolute atomic E-state index is 0.0523. The number of amides is 2. The van der Waals surface area contributed by atoms with E-state index in [9.17, 15) is 9.59 Å². The molecule has 4 heteroatoms. The summed E-state index contributed by atoms with van der Waals surface area (Å²) in [6, 6.07) is 0. The number of unbranched alkanes of at least 4 members (excludes halogenated alkanes) is 36. The third-order valence-corrected chi connectivity index (χ3v) is 10.4. The van der Waals surface area contributed by atoms with Crippen molar-refractivity contribution in [2.75, 3.05) is 0 Å². The molecule has 0 aromatic heterocycles. The predicted molar refractivity (Wildman–Crippen MR) is 212 cm³/mol. The van der Waals surface area contributed by atoms with Crippen LogP contribution in [0.3, 0.4) is 0 Å². The first-order valence-electron chi connectivity index (χ1n) is 22.3. The van der Waals surface area contributed by atoms with Crippen LogP contribution in [0.5, 0.6) is 0 Å². The third-order valence-electron chi connectivity index (χ3n) is 10.4. The van der Waals surface area contributed by atoms with E-state index in [0.717, 1.165) is 25.7 Å². The number of nitrogens with one attached hydrogen (secondary N) is 2. The van der Waals surface area contributed by atoms with Crippen molar-refractivity contribution in [3.63, 3.8) is 0 Å². The fourth-order valence-electron chi connectivity index (χ4n) is 6.99. The van der Waals surface area contributed by atoms with E-state index in [2.05, 4.69) is 24.7 Å². The van der Waals surface area contributed by atoms with Crippen molar-refractivity contribution in [1.29, 1.82) is 0 Å². The smallest absolute Gasteiger partial charge is 0.238 e. The lowest BCUT2D eigenvalue weighted by Gasteiger charge is -2.07. The molecule has 0 aliphatic heterocycles. The van der Waals surface area contributed by atoms with Gasteiger partial charge in [0, 0.05) is 12.8 Å². The van der Waals surface area contributed by atoms with Crippen LogP contribution >= 0.6 is 0 Å². The Balaban J connectivity index is 3.25. The molecule has 286 valence electrons. The van der Waals surface area contributed by atoms with Crippen LogP contribution in [0.15, 0.2) is 0 Å². The lowest BCUT2D eigenvalue weighted by Crippen LogP contribution is -2.41. The maximum atomic E-state index is 12.1. The molecule has 0 saturated carbocycles. The highest BCUT2D eigenvalue weighted by Crippen LogP contribution is 2.16. The second-order valence-corrected chi connectivity index (χ2v) is 15.3. The molecular weight excluding hydrogens is 588 g/mol. The number of carbonyl (C=O) groups is 2. The summed E-state index contributed by atoms with van der Waals surface area (Å²) in [7, 11) is 0. The van der Waals surface area contributed by atoms with E-state index in [-0.39, 0.29) is 11.8 Å². The Hall–Kier alpha value is -1.06. The molecule has 0 rings (SSSR count). The van der Waals surface area contributed by atoms with E-state index in [1.54, 1.807) is 0 Å². The van der Waals surface area contributed by atoms with Crippen molar-refractivity contribution in [3.8, 4) is 0 Å². The van der Waals surface area contributed by atoms with Gasteiger partial charge in [-0.05, 0) is 12.8 Å². The normalized spacial score (nSPS) is 11.3. The summed E-state index contributed by atoms with van der Waals surface area (Å²) >= 11 is 0. The topological polar surface area (TPSA) is 58.2 Å². The van der Waals surface area contributed by atoms with Crippen LogP contribution in [-0.4, -0.2) is 11.8 Å². The molecule has 0 heterocycles. The van der Waals surface area contributed by atoms with Gasteiger partial charge >= 0.3 is 0 Å². The van der Waals surface area contributed by atoms with Crippen LogP contribution in [-0.2, 0) is 9.59 Å². The minimum atomic E-state index is -0.0523. The molecular formula is C44H88N2O2. The van der Waals surface area contributed by atoms with Crippen LogP contribution in [0.2, 0.25) is 0 Å². The zero-order chi connectivity index (χ0) is 34.9. The molecule has 2 N–H and O–H groups in total. The summed E-state index contributed by atoms with van der Waals surface area (Å²) < 4.78 is 0. The summed E-state index contributed by atoms with van der Waals surface area (Å²) in [5.74, 6) is -0.105. The second-order valence-electron chi connectivity index (χ2n) is 15.3. The first-order chi connectivity index (χ1) is 23.7. The summed E-state index contributed by atoms with van der Waals surface area (Å²) in [5.41, 5.74) is 5.23. The average molecular weight is 677 g/mol. The van der Waals surface area contributed by atoms with Crippen molar-refractivity contribution in [2.45, 2.75) is 271 Å². The first-order valence-corrected chi connectivity index (χ1v) is 22.3. The van der Waals surface area contributed by atoms with Crippen molar-refractivity contribution in [3.05, 3.63) is 0 Å². The van der Waals surface area contributed by atoms with E-state index < -0.39 is 0 Å². The Morgan fingerprint density at radius 2 is 0.396 bits per heavy atom. The van der Waals surface area contributed by atoms with Gasteiger partial charge in [0.2, 0.25) is 11.8 Å².